The summed E-state index contributed by atoms with van der Waals surface area (Å²) >= 11 is 0. The van der Waals surface area contributed by atoms with Gasteiger partial charge in [-0.1, -0.05) is 6.07 Å². The zero-order valence-electron chi connectivity index (χ0n) is 13.3. The predicted octanol–water partition coefficient (Wildman–Crippen LogP) is 2.56. The molecule has 0 bridgehead atoms. The van der Waals surface area contributed by atoms with Crippen molar-refractivity contribution >= 4 is 12.4 Å². The number of aldehydes is 1. The summed E-state index contributed by atoms with van der Waals surface area (Å²) in [5, 5.41) is 0. The Hall–Kier alpha value is -2.24. The van der Waals surface area contributed by atoms with Crippen LogP contribution in [0.3, 0.4) is 0 Å². The molecule has 0 fully saturated rings. The molecular weight excluding hydrogens is 286 g/mol. The Bertz CT molecular complexity index is 564. The first-order valence-electron chi connectivity index (χ1n) is 7.12. The normalized spacial score (nSPS) is 14.9. The van der Waals surface area contributed by atoms with E-state index in [1.807, 2.05) is 0 Å². The molecule has 120 valence electrons. The lowest BCUT2D eigenvalue weighted by atomic mass is 10.1. The summed E-state index contributed by atoms with van der Waals surface area (Å²) in [6.45, 7) is 6.29. The highest BCUT2D eigenvalue weighted by molar-refractivity contribution is 5.75. The van der Waals surface area contributed by atoms with Crippen molar-refractivity contribution in [2.75, 3.05) is 20.3 Å². The van der Waals surface area contributed by atoms with Crippen molar-refractivity contribution in [2.24, 2.45) is 0 Å². The molecule has 0 aromatic heterocycles. The fourth-order valence-corrected chi connectivity index (χ4v) is 2.08. The molecule has 0 saturated heterocycles. The van der Waals surface area contributed by atoms with Crippen LogP contribution in [-0.4, -0.2) is 43.1 Å². The second kappa shape index (κ2) is 6.25. The van der Waals surface area contributed by atoms with E-state index in [0.717, 1.165) is 0 Å². The number of fused-ring (bicyclic) bond motifs is 1. The van der Waals surface area contributed by atoms with E-state index >= 15 is 0 Å². The molecule has 1 aromatic carbocycles. The molecule has 22 heavy (non-hydrogen) atoms. The number of hydrogen-bond donors (Lipinski definition) is 0. The van der Waals surface area contributed by atoms with E-state index in [0.29, 0.717) is 36.6 Å². The highest BCUT2D eigenvalue weighted by Gasteiger charge is 2.27. The molecule has 1 aliphatic heterocycles. The number of nitrogens with zero attached hydrogens (tertiary/aromatic N) is 1. The molecule has 1 aliphatic rings. The van der Waals surface area contributed by atoms with Crippen LogP contribution in [-0.2, 0) is 9.53 Å². The number of likely N-dealkylation sites (N-methyl/N-ethyl adjacent to an activating group) is 1. The van der Waals surface area contributed by atoms with Crippen LogP contribution in [0.15, 0.2) is 18.2 Å². The van der Waals surface area contributed by atoms with Crippen LogP contribution in [0.1, 0.15) is 32.4 Å². The minimum atomic E-state index is -0.745. The zero-order chi connectivity index (χ0) is 16.3. The molecule has 1 amide bonds. The summed E-state index contributed by atoms with van der Waals surface area (Å²) in [7, 11) is 1.53. The largest absolute Gasteiger partial charge is 0.486 e. The first-order chi connectivity index (χ1) is 10.3. The number of rotatable bonds is 3. The maximum Gasteiger partial charge on any atom is 0.410 e. The highest BCUT2D eigenvalue weighted by atomic mass is 16.6. The first kappa shape index (κ1) is 16.1. The summed E-state index contributed by atoms with van der Waals surface area (Å²) in [6, 6.07) is 4.45. The fraction of sp³-hybridized carbons (Fsp3) is 0.500. The van der Waals surface area contributed by atoms with Gasteiger partial charge in [-0.3, -0.25) is 4.90 Å². The van der Waals surface area contributed by atoms with Gasteiger partial charge in [-0.25, -0.2) is 4.79 Å². The van der Waals surface area contributed by atoms with Gasteiger partial charge in [0.1, 0.15) is 31.1 Å². The third-order valence-corrected chi connectivity index (χ3v) is 3.14. The minimum absolute atomic E-state index is 0.462. The van der Waals surface area contributed by atoms with Crippen LogP contribution < -0.4 is 9.47 Å². The molecule has 1 aromatic rings. The van der Waals surface area contributed by atoms with Gasteiger partial charge < -0.3 is 19.0 Å². The van der Waals surface area contributed by atoms with Crippen molar-refractivity contribution < 1.29 is 23.8 Å². The molecule has 2 rings (SSSR count). The number of benzene rings is 1. The second-order valence-electron chi connectivity index (χ2n) is 6.08. The van der Waals surface area contributed by atoms with Crippen molar-refractivity contribution in [3.63, 3.8) is 0 Å². The van der Waals surface area contributed by atoms with Crippen molar-refractivity contribution in [1.82, 2.24) is 4.90 Å². The Morgan fingerprint density at radius 2 is 1.91 bits per heavy atom. The summed E-state index contributed by atoms with van der Waals surface area (Å²) < 4.78 is 16.2. The van der Waals surface area contributed by atoms with E-state index in [9.17, 15) is 9.59 Å². The Kier molecular flexibility index (Phi) is 4.59. The molecule has 0 N–H and O–H groups in total. The van der Waals surface area contributed by atoms with Crippen LogP contribution in [0.25, 0.3) is 0 Å². The molecule has 0 aliphatic carbocycles. The Labute approximate surface area is 129 Å². The van der Waals surface area contributed by atoms with Gasteiger partial charge in [-0.15, -0.1) is 0 Å². The SMILES string of the molecule is CN(C(=O)OC(C)(C)C)C(C=O)c1ccc2c(c1)OCCO2. The van der Waals surface area contributed by atoms with Gasteiger partial charge in [0.25, 0.3) is 0 Å². The molecule has 0 radical (unpaired) electrons. The molecule has 1 heterocycles. The van der Waals surface area contributed by atoms with E-state index in [1.165, 1.54) is 11.9 Å². The Morgan fingerprint density at radius 3 is 2.50 bits per heavy atom. The maximum atomic E-state index is 12.1. The Balaban J connectivity index is 2.20. The number of amides is 1. The first-order valence-corrected chi connectivity index (χ1v) is 7.12. The van der Waals surface area contributed by atoms with E-state index in [-0.39, 0.29) is 0 Å². The summed E-state index contributed by atoms with van der Waals surface area (Å²) in [5.74, 6) is 1.22. The quantitative estimate of drug-likeness (QED) is 0.803. The van der Waals surface area contributed by atoms with E-state index in [4.69, 9.17) is 14.2 Å². The van der Waals surface area contributed by atoms with Gasteiger partial charge in [0.05, 0.1) is 0 Å². The summed E-state index contributed by atoms with van der Waals surface area (Å²) in [6.07, 6.45) is 0.148. The standard InChI is InChI=1S/C16H21NO5/c1-16(2,3)22-15(19)17(4)12(10-18)11-5-6-13-14(9-11)21-8-7-20-13/h5-6,9-10,12H,7-8H2,1-4H3. The smallest absolute Gasteiger partial charge is 0.410 e. The highest BCUT2D eigenvalue weighted by Crippen LogP contribution is 2.33. The maximum absolute atomic E-state index is 12.1. The Morgan fingerprint density at radius 1 is 1.27 bits per heavy atom. The lowest BCUT2D eigenvalue weighted by Gasteiger charge is -2.28. The van der Waals surface area contributed by atoms with Gasteiger partial charge in [-0.05, 0) is 38.5 Å². The van der Waals surface area contributed by atoms with Gasteiger partial charge in [-0.2, -0.15) is 0 Å². The molecular formula is C16H21NO5. The molecule has 6 nitrogen and oxygen atoms in total. The van der Waals surface area contributed by atoms with Gasteiger partial charge in [0.15, 0.2) is 11.5 Å². The van der Waals surface area contributed by atoms with Crippen LogP contribution in [0.2, 0.25) is 0 Å². The van der Waals surface area contributed by atoms with Crippen molar-refractivity contribution in [1.29, 1.82) is 0 Å². The van der Waals surface area contributed by atoms with Crippen molar-refractivity contribution in [2.45, 2.75) is 32.4 Å². The predicted molar refractivity (Wildman–Crippen MR) is 80.2 cm³/mol. The molecule has 1 unspecified atom stereocenters. The van der Waals surface area contributed by atoms with E-state index < -0.39 is 17.7 Å². The van der Waals surface area contributed by atoms with E-state index in [1.54, 1.807) is 39.0 Å². The zero-order valence-corrected chi connectivity index (χ0v) is 13.3. The lowest BCUT2D eigenvalue weighted by Crippen LogP contribution is -2.37. The van der Waals surface area contributed by atoms with Crippen molar-refractivity contribution in [3.8, 4) is 11.5 Å². The third-order valence-electron chi connectivity index (χ3n) is 3.14. The monoisotopic (exact) mass is 307 g/mol. The molecule has 0 spiro atoms. The molecule has 1 atom stereocenters. The van der Waals surface area contributed by atoms with Gasteiger partial charge in [0.2, 0.25) is 0 Å². The average molecular weight is 307 g/mol. The van der Waals surface area contributed by atoms with Crippen LogP contribution >= 0.6 is 0 Å². The summed E-state index contributed by atoms with van der Waals surface area (Å²) in [5.41, 5.74) is 0.0265. The number of hydrogen-bond acceptors (Lipinski definition) is 5. The van der Waals surface area contributed by atoms with Crippen LogP contribution in [0.4, 0.5) is 4.79 Å². The van der Waals surface area contributed by atoms with Gasteiger partial charge >= 0.3 is 6.09 Å². The summed E-state index contributed by atoms with van der Waals surface area (Å²) in [4.78, 5) is 24.8. The number of carbonyl (C=O) groups excluding carboxylic acids is 2. The van der Waals surface area contributed by atoms with Crippen LogP contribution in [0, 0.1) is 0 Å². The lowest BCUT2D eigenvalue weighted by molar-refractivity contribution is -0.112. The van der Waals surface area contributed by atoms with Crippen LogP contribution in [0.5, 0.6) is 11.5 Å². The minimum Gasteiger partial charge on any atom is -0.486 e. The average Bonchev–Trinajstić information content (AvgIpc) is 2.46. The third kappa shape index (κ3) is 3.69. The number of carbonyl (C=O) groups is 2. The molecule has 0 saturated carbocycles. The van der Waals surface area contributed by atoms with Crippen molar-refractivity contribution in [3.05, 3.63) is 23.8 Å². The molecule has 6 heteroatoms. The van der Waals surface area contributed by atoms with Gasteiger partial charge in [0, 0.05) is 7.05 Å². The number of ether oxygens (including phenoxy) is 3. The van der Waals surface area contributed by atoms with E-state index in [2.05, 4.69) is 0 Å². The topological polar surface area (TPSA) is 65.1 Å². The second-order valence-corrected chi connectivity index (χ2v) is 6.08. The fourth-order valence-electron chi connectivity index (χ4n) is 2.08.